The van der Waals surface area contributed by atoms with Crippen molar-refractivity contribution in [2.75, 3.05) is 13.1 Å². The molecule has 0 bridgehead atoms. The summed E-state index contributed by atoms with van der Waals surface area (Å²) in [4.78, 5) is 11.1. The number of nitrogens with one attached hydrogen (secondary N) is 1. The van der Waals surface area contributed by atoms with Crippen molar-refractivity contribution in [2.24, 2.45) is 5.41 Å². The second-order valence-corrected chi connectivity index (χ2v) is 3.73. The second kappa shape index (κ2) is 3.27. The molecule has 4 heteroatoms. The molecule has 4 nitrogen and oxygen atoms in total. The zero-order valence-electron chi connectivity index (χ0n) is 8.13. The third kappa shape index (κ3) is 1.25. The minimum absolute atomic E-state index is 0.390. The maximum absolute atomic E-state index is 11.1. The zero-order valence-corrected chi connectivity index (χ0v) is 8.13. The van der Waals surface area contributed by atoms with Gasteiger partial charge in [-0.3, -0.25) is 4.79 Å². The number of carboxylic acids is 1. The number of aliphatic hydroxyl groups is 1. The minimum Gasteiger partial charge on any atom is -0.481 e. The molecule has 1 fully saturated rings. The summed E-state index contributed by atoms with van der Waals surface area (Å²) in [5.74, 6) is -0.888. The summed E-state index contributed by atoms with van der Waals surface area (Å²) in [6.45, 7) is 4.41. The van der Waals surface area contributed by atoms with Crippen molar-refractivity contribution in [3.63, 3.8) is 0 Å². The van der Waals surface area contributed by atoms with Crippen LogP contribution in [0.1, 0.15) is 26.7 Å². The first-order valence-electron chi connectivity index (χ1n) is 4.69. The SMILES string of the molecule is CCC(CC)(C(=O)O)C1(O)CNC1. The summed E-state index contributed by atoms with van der Waals surface area (Å²) in [6, 6.07) is 0. The van der Waals surface area contributed by atoms with Crippen LogP contribution in [0.3, 0.4) is 0 Å². The van der Waals surface area contributed by atoms with Crippen molar-refractivity contribution in [1.29, 1.82) is 0 Å². The van der Waals surface area contributed by atoms with Crippen LogP contribution in [0.15, 0.2) is 0 Å². The Morgan fingerprint density at radius 1 is 1.46 bits per heavy atom. The van der Waals surface area contributed by atoms with E-state index in [2.05, 4.69) is 5.32 Å². The highest BCUT2D eigenvalue weighted by atomic mass is 16.4. The smallest absolute Gasteiger partial charge is 0.312 e. The van der Waals surface area contributed by atoms with E-state index in [1.54, 1.807) is 0 Å². The molecule has 0 spiro atoms. The number of hydrogen-bond acceptors (Lipinski definition) is 3. The van der Waals surface area contributed by atoms with E-state index in [4.69, 9.17) is 5.11 Å². The van der Waals surface area contributed by atoms with E-state index in [0.29, 0.717) is 25.9 Å². The summed E-state index contributed by atoms with van der Waals surface area (Å²) in [6.07, 6.45) is 0.939. The van der Waals surface area contributed by atoms with E-state index in [9.17, 15) is 9.90 Å². The lowest BCUT2D eigenvalue weighted by Crippen LogP contribution is -2.70. The Kier molecular flexibility index (Phi) is 2.63. The number of carbonyl (C=O) groups is 1. The van der Waals surface area contributed by atoms with Crippen molar-refractivity contribution < 1.29 is 15.0 Å². The van der Waals surface area contributed by atoms with Gasteiger partial charge in [-0.25, -0.2) is 0 Å². The maximum Gasteiger partial charge on any atom is 0.312 e. The zero-order chi connectivity index (χ0) is 10.1. The van der Waals surface area contributed by atoms with E-state index in [-0.39, 0.29) is 0 Å². The number of rotatable bonds is 4. The summed E-state index contributed by atoms with van der Waals surface area (Å²) >= 11 is 0. The van der Waals surface area contributed by atoms with Gasteiger partial charge in [-0.05, 0) is 12.8 Å². The highest BCUT2D eigenvalue weighted by Crippen LogP contribution is 2.41. The molecule has 0 aliphatic carbocycles. The van der Waals surface area contributed by atoms with Gasteiger partial charge in [-0.1, -0.05) is 13.8 Å². The lowest BCUT2D eigenvalue weighted by molar-refractivity contribution is -0.179. The normalized spacial score (nSPS) is 20.8. The lowest BCUT2D eigenvalue weighted by atomic mass is 9.65. The molecule has 0 aromatic heterocycles. The highest BCUT2D eigenvalue weighted by molar-refractivity contribution is 5.76. The van der Waals surface area contributed by atoms with Crippen molar-refractivity contribution in [2.45, 2.75) is 32.3 Å². The predicted molar refractivity (Wildman–Crippen MR) is 48.5 cm³/mol. The molecule has 0 amide bonds. The summed E-state index contributed by atoms with van der Waals surface area (Å²) in [5, 5.41) is 22.1. The van der Waals surface area contributed by atoms with Gasteiger partial charge in [0.05, 0.1) is 5.41 Å². The molecule has 0 atom stereocenters. The van der Waals surface area contributed by atoms with E-state index in [0.717, 1.165) is 0 Å². The van der Waals surface area contributed by atoms with Crippen molar-refractivity contribution in [3.05, 3.63) is 0 Å². The summed E-state index contributed by atoms with van der Waals surface area (Å²) in [5.41, 5.74) is -2.03. The van der Waals surface area contributed by atoms with Gasteiger partial charge in [-0.2, -0.15) is 0 Å². The fourth-order valence-electron chi connectivity index (χ4n) is 2.11. The number of carboxylic acid groups (broad SMARTS) is 1. The van der Waals surface area contributed by atoms with Crippen LogP contribution < -0.4 is 5.32 Å². The van der Waals surface area contributed by atoms with Crippen LogP contribution in [0, 0.1) is 5.41 Å². The first kappa shape index (κ1) is 10.5. The predicted octanol–water partition coefficient (Wildman–Crippen LogP) is 0.212. The van der Waals surface area contributed by atoms with E-state index in [1.807, 2.05) is 13.8 Å². The molecule has 1 aliphatic rings. The average molecular weight is 187 g/mol. The van der Waals surface area contributed by atoms with Crippen LogP contribution in [0.4, 0.5) is 0 Å². The molecule has 0 aromatic rings. The topological polar surface area (TPSA) is 69.6 Å². The Labute approximate surface area is 78.0 Å². The first-order chi connectivity index (χ1) is 6.02. The number of hydrogen-bond donors (Lipinski definition) is 3. The molecule has 1 rings (SSSR count). The van der Waals surface area contributed by atoms with Crippen molar-refractivity contribution in [1.82, 2.24) is 5.32 Å². The number of aliphatic carboxylic acids is 1. The van der Waals surface area contributed by atoms with Crippen molar-refractivity contribution >= 4 is 5.97 Å². The largest absolute Gasteiger partial charge is 0.481 e. The minimum atomic E-state index is -1.05. The van der Waals surface area contributed by atoms with Crippen LogP contribution in [-0.2, 0) is 4.79 Å². The lowest BCUT2D eigenvalue weighted by Gasteiger charge is -2.49. The molecular weight excluding hydrogens is 170 g/mol. The number of β-amino-alcohol motifs (C(OH)–C–C–N with tert-alkyl or cyclic N) is 1. The quantitative estimate of drug-likeness (QED) is 0.588. The Hall–Kier alpha value is -0.610. The molecule has 76 valence electrons. The van der Waals surface area contributed by atoms with Gasteiger partial charge in [0.1, 0.15) is 5.60 Å². The Morgan fingerprint density at radius 2 is 1.92 bits per heavy atom. The molecule has 0 aromatic carbocycles. The van der Waals surface area contributed by atoms with E-state index in [1.165, 1.54) is 0 Å². The molecule has 1 heterocycles. The van der Waals surface area contributed by atoms with Crippen LogP contribution in [-0.4, -0.2) is 34.9 Å². The Morgan fingerprint density at radius 3 is 2.00 bits per heavy atom. The van der Waals surface area contributed by atoms with Gasteiger partial charge in [0.25, 0.3) is 0 Å². The Bertz CT molecular complexity index is 207. The van der Waals surface area contributed by atoms with E-state index < -0.39 is 17.0 Å². The van der Waals surface area contributed by atoms with Crippen molar-refractivity contribution in [3.8, 4) is 0 Å². The average Bonchev–Trinajstić information content (AvgIpc) is 2.04. The maximum atomic E-state index is 11.1. The van der Waals surface area contributed by atoms with Crippen LogP contribution >= 0.6 is 0 Å². The van der Waals surface area contributed by atoms with Crippen LogP contribution in [0.5, 0.6) is 0 Å². The molecule has 3 N–H and O–H groups in total. The fourth-order valence-corrected chi connectivity index (χ4v) is 2.11. The molecular formula is C9H17NO3. The Balaban J connectivity index is 2.94. The van der Waals surface area contributed by atoms with Gasteiger partial charge in [0.2, 0.25) is 0 Å². The molecule has 13 heavy (non-hydrogen) atoms. The monoisotopic (exact) mass is 187 g/mol. The fraction of sp³-hybridized carbons (Fsp3) is 0.889. The van der Waals surface area contributed by atoms with Crippen LogP contribution in [0.25, 0.3) is 0 Å². The standard InChI is InChI=1S/C9H17NO3/c1-3-8(4-2,7(11)12)9(13)5-10-6-9/h10,13H,3-6H2,1-2H3,(H,11,12). The molecule has 1 aliphatic heterocycles. The molecule has 1 saturated heterocycles. The third-order valence-corrected chi connectivity index (χ3v) is 3.34. The van der Waals surface area contributed by atoms with Gasteiger partial charge in [0.15, 0.2) is 0 Å². The van der Waals surface area contributed by atoms with Crippen LogP contribution in [0.2, 0.25) is 0 Å². The van der Waals surface area contributed by atoms with Gasteiger partial charge < -0.3 is 15.5 Å². The first-order valence-corrected chi connectivity index (χ1v) is 4.69. The van der Waals surface area contributed by atoms with Gasteiger partial charge in [0, 0.05) is 13.1 Å². The van der Waals surface area contributed by atoms with Gasteiger partial charge in [-0.15, -0.1) is 0 Å². The molecule has 0 saturated carbocycles. The van der Waals surface area contributed by atoms with E-state index >= 15 is 0 Å². The molecule has 0 radical (unpaired) electrons. The third-order valence-electron chi connectivity index (χ3n) is 3.34. The molecule has 0 unspecified atom stereocenters. The van der Waals surface area contributed by atoms with Gasteiger partial charge >= 0.3 is 5.97 Å². The highest BCUT2D eigenvalue weighted by Gasteiger charge is 2.56. The summed E-state index contributed by atoms with van der Waals surface area (Å²) < 4.78 is 0. The second-order valence-electron chi connectivity index (χ2n) is 3.73. The summed E-state index contributed by atoms with van der Waals surface area (Å²) in [7, 11) is 0.